The van der Waals surface area contributed by atoms with Gasteiger partial charge in [0.15, 0.2) is 0 Å². The fraction of sp³-hybridized carbons (Fsp3) is 0.588. The van der Waals surface area contributed by atoms with Gasteiger partial charge in [-0.15, -0.1) is 45.3 Å². The summed E-state index contributed by atoms with van der Waals surface area (Å²) in [7, 11) is 0. The van der Waals surface area contributed by atoms with Crippen LogP contribution >= 0.6 is 57.1 Å². The number of rotatable bonds is 39. The van der Waals surface area contributed by atoms with Gasteiger partial charge in [-0.2, -0.15) is 8.75 Å². The molecule has 0 aliphatic rings. The maximum Gasteiger partial charge on any atom is 0.114 e. The summed E-state index contributed by atoms with van der Waals surface area (Å²) in [5.74, 6) is 0. The first-order valence-corrected chi connectivity index (χ1v) is 35.1. The number of fused-ring (bicyclic) bond motifs is 7. The largest absolute Gasteiger partial charge is 0.172 e. The van der Waals surface area contributed by atoms with E-state index in [1.54, 1.807) is 11.1 Å². The van der Waals surface area contributed by atoms with Gasteiger partial charge >= 0.3 is 0 Å². The number of hydrogen-bond donors (Lipinski definition) is 0. The van der Waals surface area contributed by atoms with Gasteiger partial charge in [-0.3, -0.25) is 0 Å². The molecule has 2 nitrogen and oxygen atoms in total. The van der Waals surface area contributed by atoms with Crippen molar-refractivity contribution in [1.82, 2.24) is 8.75 Å². The fourth-order valence-electron chi connectivity index (χ4n) is 11.8. The molecule has 3 aromatic carbocycles. The zero-order chi connectivity index (χ0) is 51.9. The zero-order valence-electron chi connectivity index (χ0n) is 47.2. The molecule has 0 spiro atoms. The second-order valence-electron chi connectivity index (χ2n) is 22.5. The second kappa shape index (κ2) is 32.2. The molecule has 0 aliphatic carbocycles. The van der Waals surface area contributed by atoms with Crippen LogP contribution in [0.15, 0.2) is 59.3 Å². The molecule has 5 heterocycles. The molecule has 0 atom stereocenters. The van der Waals surface area contributed by atoms with Crippen LogP contribution in [0.5, 0.6) is 0 Å². The molecule has 0 N–H and O–H groups in total. The number of unbranched alkanes of at least 4 members (excludes halogenated alkanes) is 28. The van der Waals surface area contributed by atoms with Crippen LogP contribution in [0.25, 0.3) is 72.6 Å². The van der Waals surface area contributed by atoms with Gasteiger partial charge in [0.25, 0.3) is 0 Å². The first-order chi connectivity index (χ1) is 37.1. The molecular formula is C68H94N2S5. The third-order valence-electron chi connectivity index (χ3n) is 16.4. The smallest absolute Gasteiger partial charge is 0.114 e. The predicted molar refractivity (Wildman–Crippen MR) is 343 cm³/mol. The van der Waals surface area contributed by atoms with E-state index in [4.69, 9.17) is 8.75 Å². The summed E-state index contributed by atoms with van der Waals surface area (Å²) in [6.07, 6.45) is 48.3. The van der Waals surface area contributed by atoms with Crippen LogP contribution in [-0.4, -0.2) is 8.75 Å². The molecule has 7 heteroatoms. The highest BCUT2D eigenvalue weighted by atomic mass is 32.1. The van der Waals surface area contributed by atoms with E-state index in [0.29, 0.717) is 0 Å². The van der Waals surface area contributed by atoms with Crippen molar-refractivity contribution >= 4 is 99.1 Å². The van der Waals surface area contributed by atoms with Gasteiger partial charge in [0.2, 0.25) is 0 Å². The van der Waals surface area contributed by atoms with E-state index in [9.17, 15) is 0 Å². The molecule has 0 bridgehead atoms. The van der Waals surface area contributed by atoms with Gasteiger partial charge in [-0.1, -0.05) is 232 Å². The van der Waals surface area contributed by atoms with Crippen molar-refractivity contribution in [3.8, 4) is 30.6 Å². The van der Waals surface area contributed by atoms with Crippen LogP contribution in [0.2, 0.25) is 0 Å². The maximum atomic E-state index is 5.07. The van der Waals surface area contributed by atoms with E-state index in [-0.39, 0.29) is 0 Å². The summed E-state index contributed by atoms with van der Waals surface area (Å²) in [4.78, 5) is 5.59. The Morgan fingerprint density at radius 1 is 0.347 bits per heavy atom. The first kappa shape index (κ1) is 58.2. The van der Waals surface area contributed by atoms with Crippen LogP contribution in [0.1, 0.15) is 255 Å². The van der Waals surface area contributed by atoms with Gasteiger partial charge < -0.3 is 0 Å². The molecule has 406 valence electrons. The van der Waals surface area contributed by atoms with E-state index in [1.165, 1.54) is 309 Å². The number of aryl methyl sites for hydroxylation is 4. The van der Waals surface area contributed by atoms with Gasteiger partial charge in [0.1, 0.15) is 11.0 Å². The van der Waals surface area contributed by atoms with Crippen molar-refractivity contribution < 1.29 is 0 Å². The molecule has 0 saturated heterocycles. The third kappa shape index (κ3) is 16.6. The lowest BCUT2D eigenvalue weighted by atomic mass is 9.91. The van der Waals surface area contributed by atoms with Crippen molar-refractivity contribution in [3.63, 3.8) is 0 Å². The van der Waals surface area contributed by atoms with Crippen molar-refractivity contribution in [3.05, 3.63) is 81.5 Å². The van der Waals surface area contributed by atoms with Crippen LogP contribution in [0.3, 0.4) is 0 Å². The molecule has 5 aromatic heterocycles. The minimum atomic E-state index is 1.07. The number of nitrogens with zero attached hydrogens (tertiary/aromatic N) is 2. The van der Waals surface area contributed by atoms with E-state index in [0.717, 1.165) is 17.5 Å². The minimum Gasteiger partial charge on any atom is -0.172 e. The molecule has 0 radical (unpaired) electrons. The Balaban J connectivity index is 1.06. The van der Waals surface area contributed by atoms with E-state index < -0.39 is 0 Å². The lowest BCUT2D eigenvalue weighted by Gasteiger charge is -2.14. The Morgan fingerprint density at radius 3 is 1.32 bits per heavy atom. The number of aromatic nitrogens is 2. The van der Waals surface area contributed by atoms with Gasteiger partial charge in [0.05, 0.1) is 21.1 Å². The maximum absolute atomic E-state index is 5.07. The summed E-state index contributed by atoms with van der Waals surface area (Å²) in [6, 6.07) is 20.1. The Labute approximate surface area is 475 Å². The third-order valence-corrected chi connectivity index (χ3v) is 21.5. The quantitative estimate of drug-likeness (QED) is 0.0359. The van der Waals surface area contributed by atoms with E-state index >= 15 is 0 Å². The average Bonchev–Trinajstić information content (AvgIpc) is 4.35. The summed E-state index contributed by atoms with van der Waals surface area (Å²) < 4.78 is 13.0. The average molecular weight is 1100 g/mol. The number of benzene rings is 3. The topological polar surface area (TPSA) is 25.8 Å². The summed E-state index contributed by atoms with van der Waals surface area (Å²) in [6.45, 7) is 9.28. The Hall–Kier alpha value is -2.94. The fourth-order valence-corrected chi connectivity index (χ4v) is 17.0. The van der Waals surface area contributed by atoms with Gasteiger partial charge in [-0.05, 0) is 119 Å². The van der Waals surface area contributed by atoms with Crippen molar-refractivity contribution in [1.29, 1.82) is 0 Å². The standard InChI is InChI=1S/C68H94N2S5/c1-5-9-13-17-21-23-25-27-29-33-37-51-45-61(72-50-51)56-41-42-57(65-64(56)69-75-70-65)62-48-54(40-36-32-28-26-24-22-18-14-10-6-2)66(73-62)63-49-60-59-47-53(39-35-31-20-16-12-8-4)52(38-34-30-19-15-11-7-3)46-58(59)55-43-44-71-67(55)68(60)74-63/h41-50H,5-40H2,1-4H3. The SMILES string of the molecule is CCCCCCCCCCCCc1csc(-c2ccc(-c3cc(CCCCCCCCCCCC)c(-c4cc5c6cc(CCCCCCCC)c(CCCCCCCC)cc6c6ccsc6c5s4)s3)c3nsnc23)c1. The highest BCUT2D eigenvalue weighted by Crippen LogP contribution is 2.50. The highest BCUT2D eigenvalue weighted by Gasteiger charge is 2.22. The molecule has 8 aromatic rings. The van der Waals surface area contributed by atoms with E-state index in [2.05, 4.69) is 98.3 Å². The van der Waals surface area contributed by atoms with Crippen molar-refractivity contribution in [2.24, 2.45) is 0 Å². The predicted octanol–water partition coefficient (Wildman–Crippen LogP) is 25.1. The van der Waals surface area contributed by atoms with Crippen LogP contribution in [0, 0.1) is 0 Å². The summed E-state index contributed by atoms with van der Waals surface area (Å²) in [5.41, 5.74) is 10.9. The Bertz CT molecular complexity index is 2880. The molecule has 0 unspecified atom stereocenters. The molecule has 8 rings (SSSR count). The van der Waals surface area contributed by atoms with Crippen LogP contribution in [0.4, 0.5) is 0 Å². The van der Waals surface area contributed by atoms with E-state index in [1.807, 2.05) is 34.0 Å². The lowest BCUT2D eigenvalue weighted by Crippen LogP contribution is -1.97. The zero-order valence-corrected chi connectivity index (χ0v) is 51.2. The molecule has 75 heavy (non-hydrogen) atoms. The number of hydrogen-bond acceptors (Lipinski definition) is 7. The first-order valence-electron chi connectivity index (χ1n) is 31.0. The monoisotopic (exact) mass is 1100 g/mol. The van der Waals surface area contributed by atoms with Crippen LogP contribution in [-0.2, 0) is 25.7 Å². The van der Waals surface area contributed by atoms with Gasteiger partial charge in [-0.25, -0.2) is 0 Å². The van der Waals surface area contributed by atoms with Crippen LogP contribution < -0.4 is 0 Å². The molecule has 0 saturated carbocycles. The Morgan fingerprint density at radius 2 is 0.800 bits per heavy atom. The molecule has 0 fully saturated rings. The van der Waals surface area contributed by atoms with Gasteiger partial charge in [0, 0.05) is 41.4 Å². The van der Waals surface area contributed by atoms with Crippen molar-refractivity contribution in [2.75, 3.05) is 0 Å². The normalized spacial score (nSPS) is 12.1. The van der Waals surface area contributed by atoms with Crippen molar-refractivity contribution in [2.45, 2.75) is 259 Å². The summed E-state index contributed by atoms with van der Waals surface area (Å²) in [5, 5.41) is 10.6. The highest BCUT2D eigenvalue weighted by molar-refractivity contribution is 7.31. The second-order valence-corrected chi connectivity index (χ2v) is 26.9. The molecule has 0 amide bonds. The Kier molecular flexibility index (Phi) is 25.0. The minimum absolute atomic E-state index is 1.07. The molecular weight excluding hydrogens is 1010 g/mol. The number of thiophene rings is 4. The lowest BCUT2D eigenvalue weighted by molar-refractivity contribution is 0.556. The molecule has 0 aliphatic heterocycles. The summed E-state index contributed by atoms with van der Waals surface area (Å²) >= 11 is 9.29.